The van der Waals surface area contributed by atoms with Crippen molar-refractivity contribution in [3.05, 3.63) is 0 Å². The fraction of sp³-hybridized carbons (Fsp3) is 1.00. The van der Waals surface area contributed by atoms with Crippen LogP contribution in [0.4, 0.5) is 0 Å². The standard InChI is InChI=1S/C13H27NO3S/c1-4-12-13(8-7-11(3)14-12)17-9-6-10-18(15,16)5-2/h11-14H,4-10H2,1-3H3. The Bertz CT molecular complexity index is 329. The second kappa shape index (κ2) is 7.46. The minimum absolute atomic E-state index is 0.229. The van der Waals surface area contributed by atoms with Gasteiger partial charge in [0.1, 0.15) is 9.84 Å². The number of hydrogen-bond acceptors (Lipinski definition) is 4. The van der Waals surface area contributed by atoms with Crippen LogP contribution in [0.2, 0.25) is 0 Å². The zero-order chi connectivity index (χ0) is 13.6. The van der Waals surface area contributed by atoms with E-state index in [0.717, 1.165) is 19.3 Å². The SMILES string of the molecule is CCC1NC(C)CCC1OCCCS(=O)(=O)CC. The van der Waals surface area contributed by atoms with E-state index in [2.05, 4.69) is 19.2 Å². The second-order valence-electron chi connectivity index (χ2n) is 5.16. The Morgan fingerprint density at radius 2 is 2.00 bits per heavy atom. The largest absolute Gasteiger partial charge is 0.377 e. The predicted octanol–water partition coefficient (Wildman–Crippen LogP) is 1.75. The van der Waals surface area contributed by atoms with Crippen LogP contribution >= 0.6 is 0 Å². The summed E-state index contributed by atoms with van der Waals surface area (Å²) in [5.41, 5.74) is 0. The Morgan fingerprint density at radius 3 is 2.61 bits per heavy atom. The van der Waals surface area contributed by atoms with Crippen LogP contribution in [0.15, 0.2) is 0 Å². The third kappa shape index (κ3) is 5.24. The van der Waals surface area contributed by atoms with Crippen LogP contribution in [0.1, 0.15) is 46.5 Å². The number of hydrogen-bond donors (Lipinski definition) is 1. The van der Waals surface area contributed by atoms with Crippen LogP contribution in [0.25, 0.3) is 0 Å². The molecule has 108 valence electrons. The Morgan fingerprint density at radius 1 is 1.28 bits per heavy atom. The molecule has 0 aromatic rings. The van der Waals surface area contributed by atoms with E-state index in [0.29, 0.717) is 25.1 Å². The summed E-state index contributed by atoms with van der Waals surface area (Å²) in [6.45, 7) is 6.60. The third-order valence-electron chi connectivity index (χ3n) is 3.64. The molecule has 5 heteroatoms. The average Bonchev–Trinajstić information content (AvgIpc) is 2.36. The minimum atomic E-state index is -2.85. The van der Waals surface area contributed by atoms with E-state index in [1.807, 2.05) is 0 Å². The van der Waals surface area contributed by atoms with Gasteiger partial charge in [0.25, 0.3) is 0 Å². The molecule has 4 nitrogen and oxygen atoms in total. The van der Waals surface area contributed by atoms with Crippen molar-refractivity contribution in [2.45, 2.75) is 64.6 Å². The highest BCUT2D eigenvalue weighted by Crippen LogP contribution is 2.18. The highest BCUT2D eigenvalue weighted by atomic mass is 32.2. The Kier molecular flexibility index (Phi) is 6.60. The molecule has 0 aromatic heterocycles. The number of sulfone groups is 1. The topological polar surface area (TPSA) is 55.4 Å². The summed E-state index contributed by atoms with van der Waals surface area (Å²) < 4.78 is 28.5. The summed E-state index contributed by atoms with van der Waals surface area (Å²) in [5.74, 6) is 0.476. The highest BCUT2D eigenvalue weighted by molar-refractivity contribution is 7.91. The lowest BCUT2D eigenvalue weighted by Crippen LogP contribution is -2.50. The van der Waals surface area contributed by atoms with E-state index in [4.69, 9.17) is 4.74 Å². The molecule has 1 heterocycles. The van der Waals surface area contributed by atoms with Gasteiger partial charge >= 0.3 is 0 Å². The highest BCUT2D eigenvalue weighted by Gasteiger charge is 2.27. The molecule has 0 aromatic carbocycles. The first-order valence-corrected chi connectivity index (χ1v) is 8.88. The molecule has 0 amide bonds. The van der Waals surface area contributed by atoms with Crippen LogP contribution in [0.5, 0.6) is 0 Å². The summed E-state index contributed by atoms with van der Waals surface area (Å²) in [7, 11) is -2.85. The lowest BCUT2D eigenvalue weighted by Gasteiger charge is -2.35. The normalized spacial score (nSPS) is 29.4. The number of rotatable bonds is 7. The molecule has 1 aliphatic rings. The van der Waals surface area contributed by atoms with Crippen molar-refractivity contribution >= 4 is 9.84 Å². The molecule has 1 fully saturated rings. The molecule has 3 atom stereocenters. The van der Waals surface area contributed by atoms with E-state index in [1.165, 1.54) is 0 Å². The van der Waals surface area contributed by atoms with Gasteiger partial charge < -0.3 is 10.1 Å². The maximum atomic E-state index is 11.3. The van der Waals surface area contributed by atoms with Crippen LogP contribution in [-0.4, -0.2) is 44.7 Å². The molecule has 0 radical (unpaired) electrons. The predicted molar refractivity (Wildman–Crippen MR) is 74.6 cm³/mol. The molecular formula is C13H27NO3S. The van der Waals surface area contributed by atoms with Gasteiger partial charge in [0, 0.05) is 24.4 Å². The fourth-order valence-electron chi connectivity index (χ4n) is 2.41. The average molecular weight is 277 g/mol. The van der Waals surface area contributed by atoms with Gasteiger partial charge in [0.2, 0.25) is 0 Å². The molecule has 3 unspecified atom stereocenters. The first-order chi connectivity index (χ1) is 8.48. The zero-order valence-corrected chi connectivity index (χ0v) is 12.6. The van der Waals surface area contributed by atoms with Crippen LogP contribution in [-0.2, 0) is 14.6 Å². The van der Waals surface area contributed by atoms with Crippen molar-refractivity contribution < 1.29 is 13.2 Å². The minimum Gasteiger partial charge on any atom is -0.377 e. The van der Waals surface area contributed by atoms with Gasteiger partial charge in [-0.1, -0.05) is 13.8 Å². The molecular weight excluding hydrogens is 250 g/mol. The van der Waals surface area contributed by atoms with Crippen LogP contribution < -0.4 is 5.32 Å². The van der Waals surface area contributed by atoms with E-state index < -0.39 is 9.84 Å². The molecule has 1 rings (SSSR count). The first kappa shape index (κ1) is 15.9. The van der Waals surface area contributed by atoms with Crippen molar-refractivity contribution in [1.29, 1.82) is 0 Å². The lowest BCUT2D eigenvalue weighted by atomic mass is 9.95. The van der Waals surface area contributed by atoms with E-state index >= 15 is 0 Å². The number of ether oxygens (including phenoxy) is 1. The van der Waals surface area contributed by atoms with Gasteiger partial charge in [-0.15, -0.1) is 0 Å². The van der Waals surface area contributed by atoms with Gasteiger partial charge in [-0.2, -0.15) is 0 Å². The summed E-state index contributed by atoms with van der Waals surface area (Å²) in [5, 5.41) is 3.54. The summed E-state index contributed by atoms with van der Waals surface area (Å²) in [6, 6.07) is 0.979. The van der Waals surface area contributed by atoms with Crippen molar-refractivity contribution in [3.63, 3.8) is 0 Å². The Labute approximate surface area is 111 Å². The Balaban J connectivity index is 2.26. The number of nitrogens with one attached hydrogen (secondary N) is 1. The molecule has 1 saturated heterocycles. The van der Waals surface area contributed by atoms with Crippen molar-refractivity contribution in [2.24, 2.45) is 0 Å². The molecule has 18 heavy (non-hydrogen) atoms. The quantitative estimate of drug-likeness (QED) is 0.720. The summed E-state index contributed by atoms with van der Waals surface area (Å²) >= 11 is 0. The monoisotopic (exact) mass is 277 g/mol. The van der Waals surface area contributed by atoms with Gasteiger partial charge in [-0.25, -0.2) is 8.42 Å². The second-order valence-corrected chi connectivity index (χ2v) is 7.63. The molecule has 0 aliphatic carbocycles. The first-order valence-electron chi connectivity index (χ1n) is 7.06. The maximum absolute atomic E-state index is 11.3. The van der Waals surface area contributed by atoms with E-state index in [1.54, 1.807) is 6.92 Å². The van der Waals surface area contributed by atoms with Crippen molar-refractivity contribution in [2.75, 3.05) is 18.1 Å². The van der Waals surface area contributed by atoms with Gasteiger partial charge in [-0.05, 0) is 32.6 Å². The molecule has 0 saturated carbocycles. The third-order valence-corrected chi connectivity index (χ3v) is 5.43. The lowest BCUT2D eigenvalue weighted by molar-refractivity contribution is 0.000182. The van der Waals surface area contributed by atoms with Crippen molar-refractivity contribution in [1.82, 2.24) is 5.32 Å². The van der Waals surface area contributed by atoms with Gasteiger partial charge in [0.15, 0.2) is 0 Å². The molecule has 1 aliphatic heterocycles. The van der Waals surface area contributed by atoms with E-state index in [9.17, 15) is 8.42 Å². The molecule has 1 N–H and O–H groups in total. The number of piperidine rings is 1. The summed E-state index contributed by atoms with van der Waals surface area (Å²) in [6.07, 6.45) is 4.12. The van der Waals surface area contributed by atoms with E-state index in [-0.39, 0.29) is 17.6 Å². The maximum Gasteiger partial charge on any atom is 0.150 e. The van der Waals surface area contributed by atoms with Gasteiger partial charge in [0.05, 0.1) is 11.9 Å². The Hall–Kier alpha value is -0.130. The summed E-state index contributed by atoms with van der Waals surface area (Å²) in [4.78, 5) is 0. The zero-order valence-electron chi connectivity index (χ0n) is 11.8. The fourth-order valence-corrected chi connectivity index (χ4v) is 3.26. The molecule has 0 spiro atoms. The van der Waals surface area contributed by atoms with Crippen molar-refractivity contribution in [3.8, 4) is 0 Å². The smallest absolute Gasteiger partial charge is 0.150 e. The van der Waals surface area contributed by atoms with Gasteiger partial charge in [-0.3, -0.25) is 0 Å². The van der Waals surface area contributed by atoms with Crippen LogP contribution in [0.3, 0.4) is 0 Å². The van der Waals surface area contributed by atoms with Crippen LogP contribution in [0, 0.1) is 0 Å². The molecule has 0 bridgehead atoms.